The van der Waals surface area contributed by atoms with Gasteiger partial charge in [0.05, 0.1) is 12.1 Å². The van der Waals surface area contributed by atoms with Crippen molar-refractivity contribution in [1.29, 1.82) is 0 Å². The number of unbranched alkanes of at least 4 members (excludes halogenated alkanes) is 2. The maximum absolute atomic E-state index is 5.93. The Balaban J connectivity index is 1.43. The van der Waals surface area contributed by atoms with Crippen LogP contribution in [0.4, 0.5) is 5.82 Å². The van der Waals surface area contributed by atoms with Crippen LogP contribution < -0.4 is 15.8 Å². The van der Waals surface area contributed by atoms with E-state index in [4.69, 9.17) is 20.4 Å². The molecule has 0 radical (unpaired) electrons. The monoisotopic (exact) mass is 458 g/mol. The second-order valence-electron chi connectivity index (χ2n) is 9.42. The highest BCUT2D eigenvalue weighted by molar-refractivity contribution is 5.90. The van der Waals surface area contributed by atoms with Crippen LogP contribution in [0.5, 0.6) is 5.75 Å². The molecule has 1 aliphatic rings. The predicted octanol–water partition coefficient (Wildman–Crippen LogP) is 6.55. The summed E-state index contributed by atoms with van der Waals surface area (Å²) in [7, 11) is 0. The lowest BCUT2D eigenvalue weighted by atomic mass is 9.81. The van der Waals surface area contributed by atoms with Gasteiger partial charge >= 0.3 is 0 Å². The molecule has 0 amide bonds. The van der Waals surface area contributed by atoms with Crippen LogP contribution in [0.1, 0.15) is 63.3 Å². The number of nitrogens with one attached hydrogen (secondary N) is 1. The van der Waals surface area contributed by atoms with Crippen molar-refractivity contribution in [3.8, 4) is 5.75 Å². The molecule has 1 saturated carbocycles. The van der Waals surface area contributed by atoms with E-state index in [-0.39, 0.29) is 0 Å². The molecule has 2 atom stereocenters. The Hall–Kier alpha value is -2.92. The Kier molecular flexibility index (Phi) is 8.91. The van der Waals surface area contributed by atoms with Gasteiger partial charge in [-0.2, -0.15) is 0 Å². The Morgan fingerprint density at radius 1 is 1.00 bits per heavy atom. The zero-order valence-electron chi connectivity index (χ0n) is 20.4. The SMILES string of the molecule is CCCCCOc1ccc(/C=C/c2nc(NCC3CCCC(CN)C3)c3ccccc3n2)cc1. The standard InChI is InChI=1S/C29H38N4O/c1-2-3-6-18-34-25-15-12-22(13-16-25)14-17-28-32-27-11-5-4-10-26(27)29(33-28)31-21-24-9-7-8-23(19-24)20-30/h4-5,10-17,23-24H,2-3,6-9,18-21,30H2,1H3,(H,31,32,33)/b17-14+. The summed E-state index contributed by atoms with van der Waals surface area (Å²) in [5, 5.41) is 4.70. The minimum Gasteiger partial charge on any atom is -0.494 e. The second kappa shape index (κ2) is 12.5. The van der Waals surface area contributed by atoms with Crippen molar-refractivity contribution in [2.24, 2.45) is 17.6 Å². The van der Waals surface area contributed by atoms with E-state index in [1.54, 1.807) is 0 Å². The number of aromatic nitrogens is 2. The topological polar surface area (TPSA) is 73.1 Å². The molecule has 34 heavy (non-hydrogen) atoms. The highest BCUT2D eigenvalue weighted by Gasteiger charge is 2.21. The van der Waals surface area contributed by atoms with E-state index in [1.165, 1.54) is 38.5 Å². The minimum atomic E-state index is 0.651. The largest absolute Gasteiger partial charge is 0.494 e. The molecule has 1 aromatic heterocycles. The highest BCUT2D eigenvalue weighted by Crippen LogP contribution is 2.29. The fourth-order valence-electron chi connectivity index (χ4n) is 4.73. The molecule has 0 bridgehead atoms. The third-order valence-electron chi connectivity index (χ3n) is 6.73. The van der Waals surface area contributed by atoms with E-state index in [2.05, 4.69) is 42.6 Å². The molecular formula is C29H38N4O. The van der Waals surface area contributed by atoms with Crippen molar-refractivity contribution in [2.45, 2.75) is 51.9 Å². The summed E-state index contributed by atoms with van der Waals surface area (Å²) in [5.74, 6) is 3.86. The molecule has 0 saturated heterocycles. The van der Waals surface area contributed by atoms with E-state index in [0.29, 0.717) is 17.7 Å². The smallest absolute Gasteiger partial charge is 0.154 e. The summed E-state index contributed by atoms with van der Waals surface area (Å²) >= 11 is 0. The van der Waals surface area contributed by atoms with E-state index in [1.807, 2.05) is 30.3 Å². The first-order chi connectivity index (χ1) is 16.7. The van der Waals surface area contributed by atoms with Gasteiger partial charge in [0, 0.05) is 11.9 Å². The van der Waals surface area contributed by atoms with Crippen LogP contribution in [0.2, 0.25) is 0 Å². The van der Waals surface area contributed by atoms with Crippen LogP contribution in [-0.2, 0) is 0 Å². The van der Waals surface area contributed by atoms with Crippen molar-refractivity contribution in [3.05, 3.63) is 59.9 Å². The van der Waals surface area contributed by atoms with Crippen molar-refractivity contribution in [2.75, 3.05) is 25.0 Å². The molecule has 2 unspecified atom stereocenters. The van der Waals surface area contributed by atoms with Gasteiger partial charge < -0.3 is 15.8 Å². The number of fused-ring (bicyclic) bond motifs is 1. The van der Waals surface area contributed by atoms with Gasteiger partial charge in [-0.05, 0) is 80.0 Å². The summed E-state index contributed by atoms with van der Waals surface area (Å²) in [5.41, 5.74) is 7.99. The number of anilines is 1. The Morgan fingerprint density at radius 2 is 1.82 bits per heavy atom. The summed E-state index contributed by atoms with van der Waals surface area (Å²) < 4.78 is 5.82. The molecule has 0 spiro atoms. The number of hydrogen-bond acceptors (Lipinski definition) is 5. The molecule has 2 aromatic carbocycles. The number of hydrogen-bond donors (Lipinski definition) is 2. The lowest BCUT2D eigenvalue weighted by Crippen LogP contribution is -2.26. The summed E-state index contributed by atoms with van der Waals surface area (Å²) in [6.45, 7) is 4.71. The molecule has 3 N–H and O–H groups in total. The number of nitrogens with zero attached hydrogens (tertiary/aromatic N) is 2. The van der Waals surface area contributed by atoms with Gasteiger partial charge in [-0.25, -0.2) is 9.97 Å². The van der Waals surface area contributed by atoms with Crippen LogP contribution in [-0.4, -0.2) is 29.7 Å². The number of ether oxygens (including phenoxy) is 1. The van der Waals surface area contributed by atoms with Crippen LogP contribution in [0.25, 0.3) is 23.1 Å². The first-order valence-corrected chi connectivity index (χ1v) is 12.9. The molecule has 180 valence electrons. The van der Waals surface area contributed by atoms with E-state index in [0.717, 1.165) is 54.2 Å². The number of para-hydroxylation sites is 1. The Bertz CT molecular complexity index is 1060. The van der Waals surface area contributed by atoms with Crippen LogP contribution >= 0.6 is 0 Å². The van der Waals surface area contributed by atoms with E-state index >= 15 is 0 Å². The molecular weight excluding hydrogens is 420 g/mol. The molecule has 3 aromatic rings. The number of rotatable bonds is 11. The fraction of sp³-hybridized carbons (Fsp3) is 0.448. The molecule has 0 aliphatic heterocycles. The van der Waals surface area contributed by atoms with Gasteiger partial charge in [0.15, 0.2) is 5.82 Å². The quantitative estimate of drug-likeness (QED) is 0.319. The van der Waals surface area contributed by atoms with Crippen molar-refractivity contribution >= 4 is 28.9 Å². The minimum absolute atomic E-state index is 0.651. The van der Waals surface area contributed by atoms with Gasteiger partial charge in [-0.1, -0.05) is 56.5 Å². The van der Waals surface area contributed by atoms with Crippen molar-refractivity contribution < 1.29 is 4.74 Å². The maximum Gasteiger partial charge on any atom is 0.154 e. The molecule has 1 aliphatic carbocycles. The first-order valence-electron chi connectivity index (χ1n) is 12.9. The van der Waals surface area contributed by atoms with Crippen molar-refractivity contribution in [3.63, 3.8) is 0 Å². The van der Waals surface area contributed by atoms with Gasteiger partial charge in [-0.15, -0.1) is 0 Å². The van der Waals surface area contributed by atoms with Gasteiger partial charge in [0.1, 0.15) is 11.6 Å². The third kappa shape index (κ3) is 6.80. The average molecular weight is 459 g/mol. The first kappa shape index (κ1) is 24.2. The summed E-state index contributed by atoms with van der Waals surface area (Å²) in [6.07, 6.45) is 12.6. The molecule has 4 rings (SSSR count). The van der Waals surface area contributed by atoms with Crippen molar-refractivity contribution in [1.82, 2.24) is 9.97 Å². The Morgan fingerprint density at radius 3 is 2.65 bits per heavy atom. The number of nitrogens with two attached hydrogens (primary N) is 1. The third-order valence-corrected chi connectivity index (χ3v) is 6.73. The maximum atomic E-state index is 5.93. The normalized spacial score (nSPS) is 18.4. The molecule has 1 fully saturated rings. The van der Waals surface area contributed by atoms with Crippen LogP contribution in [0, 0.1) is 11.8 Å². The highest BCUT2D eigenvalue weighted by atomic mass is 16.5. The van der Waals surface area contributed by atoms with Gasteiger partial charge in [-0.3, -0.25) is 0 Å². The second-order valence-corrected chi connectivity index (χ2v) is 9.42. The zero-order chi connectivity index (χ0) is 23.6. The van der Waals surface area contributed by atoms with Gasteiger partial charge in [0.2, 0.25) is 0 Å². The summed E-state index contributed by atoms with van der Waals surface area (Å²) in [4.78, 5) is 9.62. The Labute approximate surface area is 203 Å². The van der Waals surface area contributed by atoms with Crippen LogP contribution in [0.3, 0.4) is 0 Å². The van der Waals surface area contributed by atoms with Crippen LogP contribution in [0.15, 0.2) is 48.5 Å². The summed E-state index contributed by atoms with van der Waals surface area (Å²) in [6, 6.07) is 16.4. The molecule has 5 heteroatoms. The fourth-order valence-corrected chi connectivity index (χ4v) is 4.73. The van der Waals surface area contributed by atoms with Gasteiger partial charge in [0.25, 0.3) is 0 Å². The lowest BCUT2D eigenvalue weighted by molar-refractivity contribution is 0.281. The van der Waals surface area contributed by atoms with E-state index < -0.39 is 0 Å². The van der Waals surface area contributed by atoms with E-state index in [9.17, 15) is 0 Å². The average Bonchev–Trinajstić information content (AvgIpc) is 2.89. The lowest BCUT2D eigenvalue weighted by Gasteiger charge is -2.28. The number of benzene rings is 2. The predicted molar refractivity (Wildman–Crippen MR) is 143 cm³/mol. The molecule has 5 nitrogen and oxygen atoms in total. The zero-order valence-corrected chi connectivity index (χ0v) is 20.4. The molecule has 1 heterocycles.